The second-order valence-corrected chi connectivity index (χ2v) is 5.74. The maximum absolute atomic E-state index is 12.2. The van der Waals surface area contributed by atoms with Crippen LogP contribution in [0.5, 0.6) is 0 Å². The SMILES string of the molecule is COC(=O)c1ccc(C(=O)O[C@@H](C)C(=O)Nc2ccc(C(C)=O)cc2)cc1. The van der Waals surface area contributed by atoms with Gasteiger partial charge in [0.25, 0.3) is 5.91 Å². The van der Waals surface area contributed by atoms with Crippen molar-refractivity contribution < 1.29 is 28.7 Å². The van der Waals surface area contributed by atoms with Gasteiger partial charge in [0.15, 0.2) is 11.9 Å². The highest BCUT2D eigenvalue weighted by Crippen LogP contribution is 2.12. The van der Waals surface area contributed by atoms with Gasteiger partial charge in [-0.15, -0.1) is 0 Å². The van der Waals surface area contributed by atoms with Crippen molar-refractivity contribution in [2.75, 3.05) is 12.4 Å². The smallest absolute Gasteiger partial charge is 0.338 e. The monoisotopic (exact) mass is 369 g/mol. The Balaban J connectivity index is 1.95. The standard InChI is InChI=1S/C20H19NO6/c1-12(22)14-8-10-17(11-9-14)21-18(23)13(2)27-20(25)16-6-4-15(5-7-16)19(24)26-3/h4-11,13H,1-3H3,(H,21,23)/t13-/m0/s1. The van der Waals surface area contributed by atoms with E-state index in [0.717, 1.165) is 0 Å². The van der Waals surface area contributed by atoms with Gasteiger partial charge >= 0.3 is 11.9 Å². The summed E-state index contributed by atoms with van der Waals surface area (Å²) in [7, 11) is 1.26. The van der Waals surface area contributed by atoms with Gasteiger partial charge in [-0.3, -0.25) is 9.59 Å². The summed E-state index contributed by atoms with van der Waals surface area (Å²) in [5.41, 5.74) is 1.51. The fourth-order valence-electron chi connectivity index (χ4n) is 2.17. The van der Waals surface area contributed by atoms with Gasteiger partial charge in [-0.25, -0.2) is 9.59 Å². The Hall–Kier alpha value is -3.48. The van der Waals surface area contributed by atoms with E-state index < -0.39 is 23.9 Å². The molecule has 0 aliphatic carbocycles. The maximum atomic E-state index is 12.2. The molecule has 0 spiro atoms. The largest absolute Gasteiger partial charge is 0.465 e. The summed E-state index contributed by atoms with van der Waals surface area (Å²) in [6.45, 7) is 2.90. The zero-order chi connectivity index (χ0) is 20.0. The Morgan fingerprint density at radius 3 is 1.78 bits per heavy atom. The molecule has 0 bridgehead atoms. The molecule has 0 aromatic heterocycles. The first-order valence-corrected chi connectivity index (χ1v) is 8.13. The number of carbonyl (C=O) groups excluding carboxylic acids is 4. The molecule has 2 aromatic carbocycles. The molecule has 2 aromatic rings. The molecule has 0 saturated carbocycles. The zero-order valence-electron chi connectivity index (χ0n) is 15.1. The predicted molar refractivity (Wildman–Crippen MR) is 97.7 cm³/mol. The molecule has 140 valence electrons. The maximum Gasteiger partial charge on any atom is 0.338 e. The van der Waals surface area contributed by atoms with Crippen LogP contribution in [-0.4, -0.2) is 36.8 Å². The van der Waals surface area contributed by atoms with E-state index in [1.807, 2.05) is 0 Å². The lowest BCUT2D eigenvalue weighted by Gasteiger charge is -2.14. The van der Waals surface area contributed by atoms with Gasteiger partial charge in [0.1, 0.15) is 0 Å². The number of methoxy groups -OCH3 is 1. The number of rotatable bonds is 6. The van der Waals surface area contributed by atoms with Gasteiger partial charge < -0.3 is 14.8 Å². The number of anilines is 1. The number of ketones is 1. The highest BCUT2D eigenvalue weighted by molar-refractivity contribution is 5.99. The average molecular weight is 369 g/mol. The van der Waals surface area contributed by atoms with Crippen LogP contribution in [0.15, 0.2) is 48.5 Å². The van der Waals surface area contributed by atoms with Crippen LogP contribution in [0.1, 0.15) is 44.9 Å². The molecule has 27 heavy (non-hydrogen) atoms. The first kappa shape index (κ1) is 19.8. The first-order valence-electron chi connectivity index (χ1n) is 8.13. The molecular formula is C20H19NO6. The molecule has 0 fully saturated rings. The molecule has 0 saturated heterocycles. The zero-order valence-corrected chi connectivity index (χ0v) is 15.1. The van der Waals surface area contributed by atoms with Crippen LogP contribution in [0.3, 0.4) is 0 Å². The Morgan fingerprint density at radius 2 is 1.30 bits per heavy atom. The molecule has 2 rings (SSSR count). The fraction of sp³-hybridized carbons (Fsp3) is 0.200. The third-order valence-electron chi connectivity index (χ3n) is 3.75. The van der Waals surface area contributed by atoms with E-state index in [9.17, 15) is 19.2 Å². The lowest BCUT2D eigenvalue weighted by Crippen LogP contribution is -2.30. The first-order chi connectivity index (χ1) is 12.8. The van der Waals surface area contributed by atoms with E-state index in [0.29, 0.717) is 16.8 Å². The van der Waals surface area contributed by atoms with Crippen molar-refractivity contribution in [3.8, 4) is 0 Å². The van der Waals surface area contributed by atoms with Crippen LogP contribution in [0, 0.1) is 0 Å². The van der Waals surface area contributed by atoms with E-state index in [1.54, 1.807) is 24.3 Å². The summed E-state index contributed by atoms with van der Waals surface area (Å²) >= 11 is 0. The summed E-state index contributed by atoms with van der Waals surface area (Å²) in [4.78, 5) is 46.9. The average Bonchev–Trinajstić information content (AvgIpc) is 2.67. The Morgan fingerprint density at radius 1 is 0.815 bits per heavy atom. The van der Waals surface area contributed by atoms with Crippen LogP contribution in [0.25, 0.3) is 0 Å². The summed E-state index contributed by atoms with van der Waals surface area (Å²) < 4.78 is 9.72. The minimum Gasteiger partial charge on any atom is -0.465 e. The number of benzene rings is 2. The van der Waals surface area contributed by atoms with Crippen LogP contribution in [0.4, 0.5) is 5.69 Å². The number of amides is 1. The Bertz CT molecular complexity index is 855. The predicted octanol–water partition coefficient (Wildman–Crippen LogP) is 2.86. The van der Waals surface area contributed by atoms with Crippen molar-refractivity contribution in [3.63, 3.8) is 0 Å². The van der Waals surface area contributed by atoms with Gasteiger partial charge in [0.2, 0.25) is 0 Å². The third kappa shape index (κ3) is 5.24. The van der Waals surface area contributed by atoms with Crippen molar-refractivity contribution >= 4 is 29.3 Å². The molecule has 7 nitrogen and oxygen atoms in total. The normalized spacial score (nSPS) is 11.2. The number of esters is 2. The van der Waals surface area contributed by atoms with Crippen molar-refractivity contribution in [1.82, 2.24) is 0 Å². The van der Waals surface area contributed by atoms with E-state index in [2.05, 4.69) is 10.1 Å². The quantitative estimate of drug-likeness (QED) is 0.621. The molecule has 0 aliphatic rings. The molecule has 0 unspecified atom stereocenters. The topological polar surface area (TPSA) is 98.8 Å². The summed E-state index contributed by atoms with van der Waals surface area (Å²) in [5.74, 6) is -1.79. The van der Waals surface area contributed by atoms with E-state index >= 15 is 0 Å². The number of ether oxygens (including phenoxy) is 2. The molecule has 1 N–H and O–H groups in total. The molecule has 0 heterocycles. The van der Waals surface area contributed by atoms with Gasteiger partial charge in [0, 0.05) is 11.3 Å². The van der Waals surface area contributed by atoms with Crippen LogP contribution in [-0.2, 0) is 14.3 Å². The number of hydrogen-bond donors (Lipinski definition) is 1. The van der Waals surface area contributed by atoms with Crippen LogP contribution < -0.4 is 5.32 Å². The molecule has 1 atom stereocenters. The number of carbonyl (C=O) groups is 4. The van der Waals surface area contributed by atoms with Crippen molar-refractivity contribution in [2.24, 2.45) is 0 Å². The lowest BCUT2D eigenvalue weighted by molar-refractivity contribution is -0.123. The molecule has 1 amide bonds. The second kappa shape index (κ2) is 8.75. The second-order valence-electron chi connectivity index (χ2n) is 5.74. The minimum absolute atomic E-state index is 0.0756. The Labute approximate surface area is 156 Å². The molecule has 0 aliphatic heterocycles. The van der Waals surface area contributed by atoms with E-state index in [4.69, 9.17) is 4.74 Å². The molecular weight excluding hydrogens is 350 g/mol. The number of nitrogens with one attached hydrogen (secondary N) is 1. The van der Waals surface area contributed by atoms with Gasteiger partial charge in [-0.05, 0) is 62.4 Å². The van der Waals surface area contributed by atoms with E-state index in [-0.39, 0.29) is 11.3 Å². The highest BCUT2D eigenvalue weighted by Gasteiger charge is 2.19. The van der Waals surface area contributed by atoms with Gasteiger partial charge in [-0.2, -0.15) is 0 Å². The van der Waals surface area contributed by atoms with Crippen LogP contribution >= 0.6 is 0 Å². The van der Waals surface area contributed by atoms with Gasteiger partial charge in [0.05, 0.1) is 18.2 Å². The Kier molecular flexibility index (Phi) is 6.43. The van der Waals surface area contributed by atoms with Gasteiger partial charge in [-0.1, -0.05) is 0 Å². The summed E-state index contributed by atoms with van der Waals surface area (Å²) in [5, 5.41) is 2.61. The minimum atomic E-state index is -1.04. The summed E-state index contributed by atoms with van der Waals surface area (Å²) in [6, 6.07) is 12.1. The number of hydrogen-bond acceptors (Lipinski definition) is 6. The van der Waals surface area contributed by atoms with Crippen molar-refractivity contribution in [3.05, 3.63) is 65.2 Å². The van der Waals surface area contributed by atoms with E-state index in [1.165, 1.54) is 45.2 Å². The van der Waals surface area contributed by atoms with Crippen LogP contribution in [0.2, 0.25) is 0 Å². The van der Waals surface area contributed by atoms with Crippen molar-refractivity contribution in [1.29, 1.82) is 0 Å². The third-order valence-corrected chi connectivity index (χ3v) is 3.75. The fourth-order valence-corrected chi connectivity index (χ4v) is 2.17. The van der Waals surface area contributed by atoms with Crippen molar-refractivity contribution in [2.45, 2.75) is 20.0 Å². The lowest BCUT2D eigenvalue weighted by atomic mass is 10.1. The molecule has 7 heteroatoms. The summed E-state index contributed by atoms with van der Waals surface area (Å²) in [6.07, 6.45) is -1.04. The number of Topliss-reactive ketones (excluding diaryl/α,β-unsaturated/α-hetero) is 1. The molecule has 0 radical (unpaired) electrons. The highest BCUT2D eigenvalue weighted by atomic mass is 16.5.